The summed E-state index contributed by atoms with van der Waals surface area (Å²) in [6.07, 6.45) is -4.39. The number of para-hydroxylation sites is 1. The number of rotatable bonds is 2. The van der Waals surface area contributed by atoms with Gasteiger partial charge in [-0.1, -0.05) is 41.6 Å². The normalized spacial score (nSPS) is 19.4. The molecule has 162 valence electrons. The Balaban J connectivity index is 1.47. The van der Waals surface area contributed by atoms with Crippen molar-refractivity contribution in [3.8, 4) is 5.75 Å². The number of aromatic nitrogens is 1. The summed E-state index contributed by atoms with van der Waals surface area (Å²) >= 11 is 0. The van der Waals surface area contributed by atoms with Gasteiger partial charge in [-0.05, 0) is 36.2 Å². The molecular formula is C25H19F3N2O2. The number of fused-ring (bicyclic) bond motifs is 5. The number of anilines is 1. The van der Waals surface area contributed by atoms with Gasteiger partial charge in [0.15, 0.2) is 5.58 Å². The first kappa shape index (κ1) is 19.2. The molecule has 3 aromatic carbocycles. The highest BCUT2D eigenvalue weighted by Crippen LogP contribution is 2.53. The molecule has 0 fully saturated rings. The zero-order chi connectivity index (χ0) is 22.1. The Morgan fingerprint density at radius 1 is 1.03 bits per heavy atom. The van der Waals surface area contributed by atoms with Crippen molar-refractivity contribution < 1.29 is 22.4 Å². The molecule has 32 heavy (non-hydrogen) atoms. The maximum absolute atomic E-state index is 13.6. The maximum atomic E-state index is 13.6. The number of nitrogens with zero attached hydrogens (tertiary/aromatic N) is 2. The van der Waals surface area contributed by atoms with Crippen molar-refractivity contribution in [2.45, 2.75) is 25.1 Å². The third-order valence-corrected chi connectivity index (χ3v) is 6.65. The van der Waals surface area contributed by atoms with Crippen molar-refractivity contribution >= 4 is 16.7 Å². The highest BCUT2D eigenvalue weighted by molar-refractivity contribution is 5.84. The summed E-state index contributed by atoms with van der Waals surface area (Å²) in [5.74, 6) is 0.737. The van der Waals surface area contributed by atoms with Gasteiger partial charge in [0.2, 0.25) is 0 Å². The molecule has 0 amide bonds. The maximum Gasteiger partial charge on any atom is 0.416 e. The molecule has 4 aromatic rings. The Labute approximate surface area is 182 Å². The van der Waals surface area contributed by atoms with Gasteiger partial charge in [-0.15, -0.1) is 0 Å². The molecule has 1 aromatic heterocycles. The summed E-state index contributed by atoms with van der Waals surface area (Å²) in [6, 6.07) is 17.6. The number of aryl methyl sites for hydroxylation is 1. The van der Waals surface area contributed by atoms with Crippen molar-refractivity contribution in [2.75, 3.05) is 18.1 Å². The molecule has 4 nitrogen and oxygen atoms in total. The van der Waals surface area contributed by atoms with E-state index in [9.17, 15) is 13.2 Å². The molecule has 0 saturated heterocycles. The van der Waals surface area contributed by atoms with Gasteiger partial charge in [0.05, 0.1) is 16.7 Å². The van der Waals surface area contributed by atoms with Crippen molar-refractivity contribution in [2.24, 2.45) is 0 Å². The van der Waals surface area contributed by atoms with Gasteiger partial charge in [-0.3, -0.25) is 0 Å². The van der Waals surface area contributed by atoms with Gasteiger partial charge >= 0.3 is 6.18 Å². The molecule has 0 bridgehead atoms. The zero-order valence-corrected chi connectivity index (χ0v) is 17.2. The number of ether oxygens (including phenoxy) is 1. The van der Waals surface area contributed by atoms with E-state index < -0.39 is 17.2 Å². The first-order valence-corrected chi connectivity index (χ1v) is 10.4. The summed E-state index contributed by atoms with van der Waals surface area (Å²) in [6.45, 7) is 3.01. The lowest BCUT2D eigenvalue weighted by molar-refractivity contribution is -0.138. The van der Waals surface area contributed by atoms with Crippen molar-refractivity contribution in [1.29, 1.82) is 0 Å². The molecule has 0 radical (unpaired) electrons. The highest BCUT2D eigenvalue weighted by Gasteiger charge is 2.50. The largest absolute Gasteiger partial charge is 0.492 e. The molecule has 0 saturated carbocycles. The minimum Gasteiger partial charge on any atom is -0.492 e. The predicted molar refractivity (Wildman–Crippen MR) is 114 cm³/mol. The molecule has 3 heterocycles. The molecule has 2 aliphatic rings. The molecule has 0 aliphatic carbocycles. The van der Waals surface area contributed by atoms with Gasteiger partial charge in [-0.2, -0.15) is 13.2 Å². The van der Waals surface area contributed by atoms with E-state index in [1.807, 2.05) is 42.2 Å². The van der Waals surface area contributed by atoms with Gasteiger partial charge in [0.1, 0.15) is 12.4 Å². The first-order chi connectivity index (χ1) is 15.4. The quantitative estimate of drug-likeness (QED) is 0.395. The van der Waals surface area contributed by atoms with Crippen LogP contribution in [0.15, 0.2) is 65.2 Å². The Bertz CT molecular complexity index is 1360. The van der Waals surface area contributed by atoms with Crippen LogP contribution in [0.5, 0.6) is 5.75 Å². The summed E-state index contributed by atoms with van der Waals surface area (Å²) in [4.78, 5) is 2.03. The standard InChI is InChI=1S/C25H19F3N2O2/c1-15-17-10-20-23(11-22(17)32-29-15)31-14-24(20)13-30(21-9-5-4-8-19(21)24)12-16-6-2-3-7-18(16)25(26,27)28/h2-11H,12-14H2,1H3. The second-order valence-corrected chi connectivity index (χ2v) is 8.51. The monoisotopic (exact) mass is 436 g/mol. The minimum absolute atomic E-state index is 0.165. The number of hydrogen-bond donors (Lipinski definition) is 0. The van der Waals surface area contributed by atoms with Crippen molar-refractivity contribution in [1.82, 2.24) is 5.16 Å². The van der Waals surface area contributed by atoms with Crippen LogP contribution in [0.4, 0.5) is 18.9 Å². The van der Waals surface area contributed by atoms with Crippen LogP contribution >= 0.6 is 0 Å². The first-order valence-electron chi connectivity index (χ1n) is 10.4. The van der Waals surface area contributed by atoms with Gasteiger partial charge < -0.3 is 14.2 Å². The van der Waals surface area contributed by atoms with E-state index in [1.54, 1.807) is 12.1 Å². The fraction of sp³-hybridized carbons (Fsp3) is 0.240. The zero-order valence-electron chi connectivity index (χ0n) is 17.2. The molecule has 6 rings (SSSR count). The minimum atomic E-state index is -4.39. The van der Waals surface area contributed by atoms with E-state index in [4.69, 9.17) is 9.26 Å². The lowest BCUT2D eigenvalue weighted by Crippen LogP contribution is -2.36. The Hall–Kier alpha value is -3.48. The number of hydrogen-bond acceptors (Lipinski definition) is 4. The summed E-state index contributed by atoms with van der Waals surface area (Å²) < 4.78 is 52.3. The Morgan fingerprint density at radius 3 is 2.66 bits per heavy atom. The second-order valence-electron chi connectivity index (χ2n) is 8.51. The van der Waals surface area contributed by atoms with Gasteiger partial charge in [0.25, 0.3) is 0 Å². The lowest BCUT2D eigenvalue weighted by atomic mass is 9.77. The number of halogens is 3. The molecular weight excluding hydrogens is 417 g/mol. The number of alkyl halides is 3. The second kappa shape index (κ2) is 6.51. The van der Waals surface area contributed by atoms with E-state index in [1.165, 1.54) is 6.07 Å². The molecule has 1 unspecified atom stereocenters. The predicted octanol–water partition coefficient (Wildman–Crippen LogP) is 5.85. The summed E-state index contributed by atoms with van der Waals surface area (Å²) in [5.41, 5.74) is 3.69. The van der Waals surface area contributed by atoms with Crippen molar-refractivity contribution in [3.63, 3.8) is 0 Å². The highest BCUT2D eigenvalue weighted by atomic mass is 19.4. The van der Waals surface area contributed by atoms with Crippen LogP contribution in [0.3, 0.4) is 0 Å². The van der Waals surface area contributed by atoms with Gasteiger partial charge in [-0.25, -0.2) is 0 Å². The fourth-order valence-corrected chi connectivity index (χ4v) is 5.14. The topological polar surface area (TPSA) is 38.5 Å². The summed E-state index contributed by atoms with van der Waals surface area (Å²) in [5, 5.41) is 4.97. The Morgan fingerprint density at radius 2 is 1.81 bits per heavy atom. The van der Waals surface area contributed by atoms with Crippen LogP contribution < -0.4 is 9.64 Å². The third-order valence-electron chi connectivity index (χ3n) is 6.65. The SMILES string of the molecule is Cc1noc2cc3c(cc12)C1(CO3)CN(Cc2ccccc2C(F)(F)F)c2ccccc21. The lowest BCUT2D eigenvalue weighted by Gasteiger charge is -2.26. The fourth-order valence-electron chi connectivity index (χ4n) is 5.14. The summed E-state index contributed by atoms with van der Waals surface area (Å²) in [7, 11) is 0. The Kier molecular flexibility index (Phi) is 3.91. The van der Waals surface area contributed by atoms with Gasteiger partial charge in [0, 0.05) is 35.8 Å². The average Bonchev–Trinajstić information content (AvgIpc) is 3.42. The molecule has 0 N–H and O–H groups in total. The van der Waals surface area contributed by atoms with E-state index >= 15 is 0 Å². The van der Waals surface area contributed by atoms with Crippen LogP contribution in [0.2, 0.25) is 0 Å². The van der Waals surface area contributed by atoms with Crippen LogP contribution in [-0.4, -0.2) is 18.3 Å². The molecule has 1 spiro atoms. The van der Waals surface area contributed by atoms with E-state index in [0.717, 1.165) is 39.7 Å². The smallest absolute Gasteiger partial charge is 0.416 e. The van der Waals surface area contributed by atoms with Crippen LogP contribution in [0, 0.1) is 6.92 Å². The van der Waals surface area contributed by atoms with E-state index in [2.05, 4.69) is 11.2 Å². The van der Waals surface area contributed by atoms with Crippen LogP contribution in [0.25, 0.3) is 11.0 Å². The van der Waals surface area contributed by atoms with Crippen LogP contribution in [0.1, 0.15) is 27.9 Å². The van der Waals surface area contributed by atoms with E-state index in [0.29, 0.717) is 18.7 Å². The average molecular weight is 436 g/mol. The third kappa shape index (κ3) is 2.66. The molecule has 7 heteroatoms. The number of benzene rings is 3. The molecule has 1 atom stereocenters. The molecule has 2 aliphatic heterocycles. The van der Waals surface area contributed by atoms with Crippen molar-refractivity contribution in [3.05, 3.63) is 88.6 Å². The van der Waals surface area contributed by atoms with Crippen LogP contribution in [-0.2, 0) is 18.1 Å². The van der Waals surface area contributed by atoms with E-state index in [-0.39, 0.29) is 12.1 Å².